The van der Waals surface area contributed by atoms with Gasteiger partial charge in [-0.05, 0) is 31.5 Å². The van der Waals surface area contributed by atoms with Crippen LogP contribution in [0.25, 0.3) is 0 Å². The number of carbonyl (C=O) groups is 1. The van der Waals surface area contributed by atoms with Crippen LogP contribution in [0.1, 0.15) is 30.5 Å². The zero-order valence-electron chi connectivity index (χ0n) is 15.0. The van der Waals surface area contributed by atoms with E-state index in [0.717, 1.165) is 24.1 Å². The van der Waals surface area contributed by atoms with Crippen molar-refractivity contribution in [2.24, 2.45) is 0 Å². The molecule has 0 bridgehead atoms. The van der Waals surface area contributed by atoms with E-state index in [0.29, 0.717) is 23.8 Å². The lowest BCUT2D eigenvalue weighted by atomic mass is 10.1. The van der Waals surface area contributed by atoms with Crippen molar-refractivity contribution in [3.05, 3.63) is 53.1 Å². The summed E-state index contributed by atoms with van der Waals surface area (Å²) in [5, 5.41) is 2.72. The first kappa shape index (κ1) is 19.1. The monoisotopic (exact) mass is 379 g/mol. The number of alkyl halides is 3. The maximum Gasteiger partial charge on any atom is 0.416 e. The number of halogens is 3. The molecule has 1 atom stereocenters. The van der Waals surface area contributed by atoms with E-state index >= 15 is 0 Å². The molecule has 1 aliphatic rings. The van der Waals surface area contributed by atoms with Crippen LogP contribution in [-0.4, -0.2) is 18.6 Å². The lowest BCUT2D eigenvalue weighted by Crippen LogP contribution is -2.16. The lowest BCUT2D eigenvalue weighted by Gasteiger charge is -2.14. The number of ether oxygens (including phenoxy) is 2. The second-order valence-corrected chi connectivity index (χ2v) is 6.44. The number of amides is 1. The van der Waals surface area contributed by atoms with Crippen LogP contribution in [0.5, 0.6) is 11.5 Å². The highest BCUT2D eigenvalue weighted by atomic mass is 19.4. The first-order valence-electron chi connectivity index (χ1n) is 8.68. The van der Waals surface area contributed by atoms with Crippen LogP contribution in [0.4, 0.5) is 18.9 Å². The molecule has 2 aromatic rings. The van der Waals surface area contributed by atoms with E-state index in [4.69, 9.17) is 9.47 Å². The summed E-state index contributed by atoms with van der Waals surface area (Å²) in [5.74, 6) is 0.771. The Kier molecular flexibility index (Phi) is 5.30. The van der Waals surface area contributed by atoms with Crippen molar-refractivity contribution in [2.75, 3.05) is 11.9 Å². The zero-order valence-corrected chi connectivity index (χ0v) is 15.0. The largest absolute Gasteiger partial charge is 0.492 e. The molecule has 1 aliphatic heterocycles. The van der Waals surface area contributed by atoms with Crippen LogP contribution in [0.15, 0.2) is 36.4 Å². The van der Waals surface area contributed by atoms with Gasteiger partial charge in [0.1, 0.15) is 17.6 Å². The van der Waals surface area contributed by atoms with Gasteiger partial charge < -0.3 is 14.8 Å². The van der Waals surface area contributed by atoms with Crippen molar-refractivity contribution >= 4 is 11.6 Å². The molecule has 1 N–H and O–H groups in total. The average Bonchev–Trinajstić information content (AvgIpc) is 2.93. The third-order valence-corrected chi connectivity index (χ3v) is 4.19. The molecule has 2 aromatic carbocycles. The lowest BCUT2D eigenvalue weighted by molar-refractivity contribution is -0.137. The number of nitrogens with one attached hydrogen (secondary N) is 1. The Morgan fingerprint density at radius 2 is 2.07 bits per heavy atom. The van der Waals surface area contributed by atoms with E-state index in [9.17, 15) is 18.0 Å². The highest BCUT2D eigenvalue weighted by Gasteiger charge is 2.30. The van der Waals surface area contributed by atoms with Crippen molar-refractivity contribution < 1.29 is 27.4 Å². The molecule has 7 heteroatoms. The Labute approximate surface area is 155 Å². The molecular weight excluding hydrogens is 359 g/mol. The molecule has 1 amide bonds. The molecule has 0 aliphatic carbocycles. The highest BCUT2D eigenvalue weighted by Crippen LogP contribution is 2.38. The second kappa shape index (κ2) is 7.50. The fourth-order valence-electron chi connectivity index (χ4n) is 3.05. The minimum absolute atomic E-state index is 0.0468. The molecule has 27 heavy (non-hydrogen) atoms. The molecule has 0 unspecified atom stereocenters. The smallest absolute Gasteiger partial charge is 0.416 e. The number of hydrogen-bond donors (Lipinski definition) is 1. The Bertz CT molecular complexity index is 849. The summed E-state index contributed by atoms with van der Waals surface area (Å²) in [6, 6.07) is 8.29. The van der Waals surface area contributed by atoms with Crippen LogP contribution in [0, 0.1) is 0 Å². The van der Waals surface area contributed by atoms with E-state index in [2.05, 4.69) is 5.32 Å². The van der Waals surface area contributed by atoms with E-state index in [-0.39, 0.29) is 18.1 Å². The van der Waals surface area contributed by atoms with E-state index in [1.165, 1.54) is 12.1 Å². The number of fused-ring (bicyclic) bond motifs is 1. The van der Waals surface area contributed by atoms with Gasteiger partial charge >= 0.3 is 6.18 Å². The molecule has 0 radical (unpaired) electrons. The number of benzene rings is 2. The molecule has 3 rings (SSSR count). The zero-order chi connectivity index (χ0) is 19.6. The van der Waals surface area contributed by atoms with Crippen LogP contribution >= 0.6 is 0 Å². The quantitative estimate of drug-likeness (QED) is 0.825. The van der Waals surface area contributed by atoms with Gasteiger partial charge in [0.15, 0.2) is 0 Å². The minimum atomic E-state index is -4.44. The van der Waals surface area contributed by atoms with E-state index in [1.54, 1.807) is 6.07 Å². The summed E-state index contributed by atoms with van der Waals surface area (Å²) in [6.07, 6.45) is -3.81. The SMILES string of the molecule is CCOc1cc2c(cc1NC(=O)Cc1cccc(C(F)(F)F)c1)O[C@H](C)C2. The first-order chi connectivity index (χ1) is 12.8. The maximum absolute atomic E-state index is 12.8. The Balaban J connectivity index is 1.77. The maximum atomic E-state index is 12.8. The predicted molar refractivity (Wildman–Crippen MR) is 95.2 cm³/mol. The number of rotatable bonds is 5. The van der Waals surface area contributed by atoms with Gasteiger partial charge in [0.2, 0.25) is 5.91 Å². The summed E-state index contributed by atoms with van der Waals surface area (Å²) in [6.45, 7) is 4.21. The summed E-state index contributed by atoms with van der Waals surface area (Å²) >= 11 is 0. The van der Waals surface area contributed by atoms with Crippen molar-refractivity contribution in [3.63, 3.8) is 0 Å². The Morgan fingerprint density at radius 3 is 2.78 bits per heavy atom. The Hall–Kier alpha value is -2.70. The number of hydrogen-bond acceptors (Lipinski definition) is 3. The highest BCUT2D eigenvalue weighted by molar-refractivity contribution is 5.94. The molecule has 0 saturated heterocycles. The van der Waals surface area contributed by atoms with Crippen molar-refractivity contribution in [1.29, 1.82) is 0 Å². The first-order valence-corrected chi connectivity index (χ1v) is 8.68. The van der Waals surface area contributed by atoms with Gasteiger partial charge in [-0.2, -0.15) is 13.2 Å². The fraction of sp³-hybridized carbons (Fsp3) is 0.350. The van der Waals surface area contributed by atoms with Crippen LogP contribution in [-0.2, 0) is 23.8 Å². The fourth-order valence-corrected chi connectivity index (χ4v) is 3.05. The summed E-state index contributed by atoms with van der Waals surface area (Å²) in [5.41, 5.74) is 0.956. The molecule has 0 saturated carbocycles. The molecule has 0 fully saturated rings. The van der Waals surface area contributed by atoms with E-state index in [1.807, 2.05) is 19.9 Å². The molecule has 1 heterocycles. The number of carbonyl (C=O) groups excluding carboxylic acids is 1. The van der Waals surface area contributed by atoms with Gasteiger partial charge in [-0.3, -0.25) is 4.79 Å². The summed E-state index contributed by atoms with van der Waals surface area (Å²) in [7, 11) is 0. The third-order valence-electron chi connectivity index (χ3n) is 4.19. The second-order valence-electron chi connectivity index (χ2n) is 6.44. The normalized spacial score (nSPS) is 15.8. The summed E-state index contributed by atoms with van der Waals surface area (Å²) in [4.78, 5) is 12.4. The van der Waals surface area contributed by atoms with Gasteiger partial charge in [0.05, 0.1) is 24.3 Å². The molecule has 144 valence electrons. The third kappa shape index (κ3) is 4.53. The topological polar surface area (TPSA) is 47.6 Å². The number of anilines is 1. The van der Waals surface area contributed by atoms with Crippen molar-refractivity contribution in [1.82, 2.24) is 0 Å². The van der Waals surface area contributed by atoms with Gasteiger partial charge in [-0.25, -0.2) is 0 Å². The van der Waals surface area contributed by atoms with Crippen LogP contribution in [0.2, 0.25) is 0 Å². The van der Waals surface area contributed by atoms with Gasteiger partial charge in [0.25, 0.3) is 0 Å². The molecule has 0 aromatic heterocycles. The van der Waals surface area contributed by atoms with Crippen LogP contribution < -0.4 is 14.8 Å². The molecule has 0 spiro atoms. The van der Waals surface area contributed by atoms with Crippen molar-refractivity contribution in [2.45, 2.75) is 39.0 Å². The van der Waals surface area contributed by atoms with Crippen molar-refractivity contribution in [3.8, 4) is 11.5 Å². The van der Waals surface area contributed by atoms with Gasteiger partial charge in [0, 0.05) is 18.1 Å². The van der Waals surface area contributed by atoms with Gasteiger partial charge in [-0.1, -0.05) is 18.2 Å². The minimum Gasteiger partial charge on any atom is -0.492 e. The van der Waals surface area contributed by atoms with E-state index < -0.39 is 17.6 Å². The Morgan fingerprint density at radius 1 is 1.30 bits per heavy atom. The van der Waals surface area contributed by atoms with Crippen LogP contribution in [0.3, 0.4) is 0 Å². The summed E-state index contributed by atoms with van der Waals surface area (Å²) < 4.78 is 49.7. The average molecular weight is 379 g/mol. The predicted octanol–water partition coefficient (Wildman–Crippen LogP) is 4.61. The molecule has 4 nitrogen and oxygen atoms in total. The standard InChI is InChI=1S/C20H20F3NO3/c1-3-26-18-10-14-7-12(2)27-17(14)11-16(18)24-19(25)9-13-5-4-6-15(8-13)20(21,22)23/h4-6,8,10-12H,3,7,9H2,1-2H3,(H,24,25)/t12-/m1/s1. The molecular formula is C20H20F3NO3. The van der Waals surface area contributed by atoms with Gasteiger partial charge in [-0.15, -0.1) is 0 Å².